The van der Waals surface area contributed by atoms with E-state index in [1.165, 1.54) is 12.1 Å². The summed E-state index contributed by atoms with van der Waals surface area (Å²) in [6.45, 7) is 2.18. The first-order valence-corrected chi connectivity index (χ1v) is 15.0. The fourth-order valence-electron chi connectivity index (χ4n) is 6.78. The topological polar surface area (TPSA) is 97.3 Å². The van der Waals surface area contributed by atoms with Gasteiger partial charge in [-0.05, 0) is 79.0 Å². The van der Waals surface area contributed by atoms with Crippen LogP contribution in [0.1, 0.15) is 66.3 Å². The van der Waals surface area contributed by atoms with Gasteiger partial charge in [-0.3, -0.25) is 14.4 Å². The summed E-state index contributed by atoms with van der Waals surface area (Å²) >= 11 is 0. The molecular formula is C35H37N3O5. The number of methoxy groups -OCH3 is 1. The van der Waals surface area contributed by atoms with Crippen molar-refractivity contribution in [2.75, 3.05) is 19.0 Å². The van der Waals surface area contributed by atoms with Crippen molar-refractivity contribution >= 4 is 29.4 Å². The monoisotopic (exact) mass is 579 g/mol. The molecule has 6 rings (SSSR count). The zero-order valence-electron chi connectivity index (χ0n) is 24.7. The van der Waals surface area contributed by atoms with Crippen LogP contribution in [-0.2, 0) is 43.2 Å². The Morgan fingerprint density at radius 2 is 1.77 bits per heavy atom. The number of esters is 1. The van der Waals surface area contributed by atoms with E-state index in [4.69, 9.17) is 9.47 Å². The Morgan fingerprint density at radius 3 is 2.49 bits per heavy atom. The maximum absolute atomic E-state index is 14.0. The highest BCUT2D eigenvalue weighted by molar-refractivity contribution is 5.98. The van der Waals surface area contributed by atoms with Crippen LogP contribution >= 0.6 is 0 Å². The van der Waals surface area contributed by atoms with Crippen molar-refractivity contribution in [1.29, 1.82) is 0 Å². The molecule has 222 valence electrons. The maximum Gasteiger partial charge on any atom is 0.312 e. The lowest BCUT2D eigenvalue weighted by atomic mass is 9.83. The summed E-state index contributed by atoms with van der Waals surface area (Å²) in [5.41, 5.74) is 4.92. The number of nitrogens with one attached hydrogen (secondary N) is 1. The molecule has 1 N–H and O–H groups in total. The number of hydrazone groups is 1. The number of amides is 2. The van der Waals surface area contributed by atoms with Crippen LogP contribution in [0.3, 0.4) is 0 Å². The molecule has 0 saturated heterocycles. The van der Waals surface area contributed by atoms with E-state index in [2.05, 4.69) is 10.4 Å². The lowest BCUT2D eigenvalue weighted by Crippen LogP contribution is -2.36. The van der Waals surface area contributed by atoms with Crippen LogP contribution < -0.4 is 5.32 Å². The van der Waals surface area contributed by atoms with Gasteiger partial charge in [0.15, 0.2) is 6.61 Å². The quantitative estimate of drug-likeness (QED) is 0.351. The Bertz CT molecular complexity index is 1550. The zero-order chi connectivity index (χ0) is 30.0. The standard InChI is InChI=1S/C35H37N3O5/c1-35(34(41)42-2)19-27-13-8-14-29(28(27)20-35)36-32(40)31(24-9-6-7-10-24)25-17-15-23(16-18-25)21-38-30(39)22-43-33(37-38)26-11-4-3-5-12-26/h3-5,8,11-18,24,31H,6-7,9-10,19-22H2,1-2H3,(H,36,40). The first kappa shape index (κ1) is 28.6. The molecule has 2 aliphatic carbocycles. The number of nitrogens with zero attached hydrogens (tertiary/aromatic N) is 2. The second-order valence-electron chi connectivity index (χ2n) is 12.1. The largest absolute Gasteiger partial charge is 0.469 e. The van der Waals surface area contributed by atoms with E-state index in [0.717, 1.165) is 59.2 Å². The molecule has 1 saturated carbocycles. The fraction of sp³-hybridized carbons (Fsp3) is 0.371. The molecule has 0 spiro atoms. The van der Waals surface area contributed by atoms with Gasteiger partial charge in [-0.2, -0.15) is 0 Å². The highest BCUT2D eigenvalue weighted by atomic mass is 16.5. The summed E-state index contributed by atoms with van der Waals surface area (Å²) < 4.78 is 10.7. The molecule has 3 aromatic rings. The van der Waals surface area contributed by atoms with Crippen molar-refractivity contribution in [3.8, 4) is 0 Å². The summed E-state index contributed by atoms with van der Waals surface area (Å²) in [6.07, 6.45) is 5.37. The molecule has 1 fully saturated rings. The third kappa shape index (κ3) is 5.91. The number of fused-ring (bicyclic) bond motifs is 1. The third-order valence-corrected chi connectivity index (χ3v) is 9.03. The summed E-state index contributed by atoms with van der Waals surface area (Å²) in [5.74, 6) is -0.0825. The average molecular weight is 580 g/mol. The van der Waals surface area contributed by atoms with E-state index in [1.54, 1.807) is 0 Å². The minimum Gasteiger partial charge on any atom is -0.469 e. The number of ether oxygens (including phenoxy) is 2. The van der Waals surface area contributed by atoms with Crippen LogP contribution in [0.5, 0.6) is 0 Å². The molecule has 0 aromatic heterocycles. The molecule has 2 amide bonds. The Hall–Kier alpha value is -4.46. The second-order valence-corrected chi connectivity index (χ2v) is 12.1. The number of rotatable bonds is 8. The van der Waals surface area contributed by atoms with Gasteiger partial charge in [-0.25, -0.2) is 5.01 Å². The first-order valence-electron chi connectivity index (χ1n) is 15.0. The minimum absolute atomic E-state index is 0.0276. The van der Waals surface area contributed by atoms with Gasteiger partial charge in [0.05, 0.1) is 25.0 Å². The molecule has 2 atom stereocenters. The highest BCUT2D eigenvalue weighted by Gasteiger charge is 2.42. The first-order chi connectivity index (χ1) is 20.8. The predicted octanol–water partition coefficient (Wildman–Crippen LogP) is 5.60. The lowest BCUT2D eigenvalue weighted by molar-refractivity contribution is -0.151. The van der Waals surface area contributed by atoms with Crippen molar-refractivity contribution in [3.05, 3.63) is 101 Å². The summed E-state index contributed by atoms with van der Waals surface area (Å²) in [6, 6.07) is 23.4. The minimum atomic E-state index is -0.633. The van der Waals surface area contributed by atoms with E-state index in [-0.39, 0.29) is 36.2 Å². The maximum atomic E-state index is 14.0. The van der Waals surface area contributed by atoms with Crippen molar-refractivity contribution in [3.63, 3.8) is 0 Å². The van der Waals surface area contributed by atoms with Crippen LogP contribution in [0.4, 0.5) is 5.69 Å². The molecule has 1 aliphatic heterocycles. The van der Waals surface area contributed by atoms with E-state index in [9.17, 15) is 14.4 Å². The van der Waals surface area contributed by atoms with E-state index in [1.807, 2.05) is 79.7 Å². The molecule has 8 nitrogen and oxygen atoms in total. The number of carbonyl (C=O) groups is 3. The van der Waals surface area contributed by atoms with E-state index < -0.39 is 5.41 Å². The van der Waals surface area contributed by atoms with Crippen molar-refractivity contribution in [1.82, 2.24) is 5.01 Å². The number of benzene rings is 3. The number of hydrogen-bond donors (Lipinski definition) is 1. The fourth-order valence-corrected chi connectivity index (χ4v) is 6.78. The lowest BCUT2D eigenvalue weighted by Gasteiger charge is -2.25. The second kappa shape index (κ2) is 12.0. The van der Waals surface area contributed by atoms with Gasteiger partial charge in [-0.1, -0.05) is 67.4 Å². The van der Waals surface area contributed by atoms with Gasteiger partial charge in [0, 0.05) is 11.3 Å². The zero-order valence-corrected chi connectivity index (χ0v) is 24.7. The normalized spacial score (nSPS) is 20.7. The van der Waals surface area contributed by atoms with Crippen molar-refractivity contribution in [2.45, 2.75) is 57.9 Å². The molecular weight excluding hydrogens is 542 g/mol. The molecule has 1 heterocycles. The molecule has 2 unspecified atom stereocenters. The molecule has 3 aliphatic rings. The SMILES string of the molecule is COC(=O)C1(C)Cc2cccc(NC(=O)C(c3ccc(CN4N=C(c5ccccc5)OCC4=O)cc3)C3CCCC3)c2C1. The van der Waals surface area contributed by atoms with Gasteiger partial charge in [0.1, 0.15) is 0 Å². The van der Waals surface area contributed by atoms with Gasteiger partial charge in [-0.15, -0.1) is 5.10 Å². The van der Waals surface area contributed by atoms with Gasteiger partial charge in [0.25, 0.3) is 5.91 Å². The van der Waals surface area contributed by atoms with Gasteiger partial charge in [0.2, 0.25) is 11.8 Å². The summed E-state index contributed by atoms with van der Waals surface area (Å²) in [5, 5.41) is 9.15. The van der Waals surface area contributed by atoms with Crippen LogP contribution in [0.25, 0.3) is 0 Å². The van der Waals surface area contributed by atoms with Crippen LogP contribution in [-0.4, -0.2) is 42.4 Å². The van der Waals surface area contributed by atoms with Crippen LogP contribution in [0.15, 0.2) is 77.9 Å². The third-order valence-electron chi connectivity index (χ3n) is 9.03. The molecule has 0 bridgehead atoms. The van der Waals surface area contributed by atoms with E-state index >= 15 is 0 Å². The highest BCUT2D eigenvalue weighted by Crippen LogP contribution is 2.42. The van der Waals surface area contributed by atoms with Gasteiger partial charge < -0.3 is 14.8 Å². The number of hydrogen-bond acceptors (Lipinski definition) is 6. The molecule has 3 aromatic carbocycles. The molecule has 43 heavy (non-hydrogen) atoms. The Kier molecular flexibility index (Phi) is 8.02. The average Bonchev–Trinajstić information content (AvgIpc) is 3.68. The van der Waals surface area contributed by atoms with Crippen LogP contribution in [0.2, 0.25) is 0 Å². The Labute approximate surface area is 252 Å². The summed E-state index contributed by atoms with van der Waals surface area (Å²) in [4.78, 5) is 39.1. The van der Waals surface area contributed by atoms with Gasteiger partial charge >= 0.3 is 5.97 Å². The Morgan fingerprint density at radius 1 is 1.02 bits per heavy atom. The van der Waals surface area contributed by atoms with Crippen molar-refractivity contribution in [2.24, 2.45) is 16.4 Å². The summed E-state index contributed by atoms with van der Waals surface area (Å²) in [7, 11) is 1.42. The number of anilines is 1. The van der Waals surface area contributed by atoms with Crippen molar-refractivity contribution < 1.29 is 23.9 Å². The van der Waals surface area contributed by atoms with Crippen LogP contribution in [0, 0.1) is 11.3 Å². The Balaban J connectivity index is 1.20. The van der Waals surface area contributed by atoms with E-state index in [0.29, 0.717) is 25.3 Å². The molecule has 0 radical (unpaired) electrons. The molecule has 8 heteroatoms. The predicted molar refractivity (Wildman–Crippen MR) is 163 cm³/mol. The number of carbonyl (C=O) groups excluding carboxylic acids is 3. The smallest absolute Gasteiger partial charge is 0.312 e.